The third-order valence-corrected chi connectivity index (χ3v) is 3.36. The van der Waals surface area contributed by atoms with Crippen LogP contribution in [0.3, 0.4) is 0 Å². The van der Waals surface area contributed by atoms with Crippen LogP contribution in [0, 0.1) is 5.41 Å². The Morgan fingerprint density at radius 1 is 1.29 bits per heavy atom. The van der Waals surface area contributed by atoms with Gasteiger partial charge in [0.05, 0.1) is 19.3 Å². The fourth-order valence-electron chi connectivity index (χ4n) is 2.68. The maximum atomic E-state index is 5.28. The predicted octanol–water partition coefficient (Wildman–Crippen LogP) is 2.29. The molecule has 2 rings (SSSR count). The normalized spacial score (nSPS) is 30.6. The smallest absolute Gasteiger partial charge is 0.0645 e. The maximum absolute atomic E-state index is 5.28. The van der Waals surface area contributed by atoms with Crippen LogP contribution in [-0.2, 0) is 4.74 Å². The van der Waals surface area contributed by atoms with E-state index in [4.69, 9.17) is 4.74 Å². The molecule has 0 radical (unpaired) electrons. The van der Waals surface area contributed by atoms with E-state index in [0.29, 0.717) is 5.41 Å². The predicted molar refractivity (Wildman–Crippen MR) is 58.4 cm³/mol. The van der Waals surface area contributed by atoms with Gasteiger partial charge in [0.25, 0.3) is 0 Å². The van der Waals surface area contributed by atoms with E-state index in [1.165, 1.54) is 25.8 Å². The van der Waals surface area contributed by atoms with Gasteiger partial charge in [-0.25, -0.2) is 0 Å². The molecule has 0 N–H and O–H groups in total. The van der Waals surface area contributed by atoms with Crippen molar-refractivity contribution in [3.63, 3.8) is 0 Å². The molecule has 1 atom stereocenters. The van der Waals surface area contributed by atoms with Crippen molar-refractivity contribution in [2.24, 2.45) is 5.41 Å². The van der Waals surface area contributed by atoms with Crippen LogP contribution in [0.5, 0.6) is 0 Å². The number of likely N-dealkylation sites (tertiary alicyclic amines) is 1. The number of rotatable bonds is 2. The van der Waals surface area contributed by atoms with Gasteiger partial charge in [0, 0.05) is 6.04 Å². The summed E-state index contributed by atoms with van der Waals surface area (Å²) in [6.07, 6.45) is 4.12. The first kappa shape index (κ1) is 10.4. The molecule has 2 aliphatic rings. The molecule has 0 aromatic carbocycles. The first-order valence-electron chi connectivity index (χ1n) is 5.90. The molecule has 0 aliphatic carbocycles. The first-order valence-corrected chi connectivity index (χ1v) is 5.90. The van der Waals surface area contributed by atoms with E-state index in [2.05, 4.69) is 25.7 Å². The highest BCUT2D eigenvalue weighted by Gasteiger charge is 2.36. The zero-order valence-electron chi connectivity index (χ0n) is 9.75. The van der Waals surface area contributed by atoms with Gasteiger partial charge in [-0.1, -0.05) is 20.8 Å². The zero-order valence-corrected chi connectivity index (χ0v) is 9.75. The van der Waals surface area contributed by atoms with Crippen LogP contribution >= 0.6 is 0 Å². The summed E-state index contributed by atoms with van der Waals surface area (Å²) in [5.41, 5.74) is 0.470. The molecule has 0 amide bonds. The second-order valence-electron chi connectivity index (χ2n) is 5.99. The average molecular weight is 197 g/mol. The van der Waals surface area contributed by atoms with Gasteiger partial charge in [-0.3, -0.25) is 4.90 Å². The van der Waals surface area contributed by atoms with Crippen LogP contribution in [0.2, 0.25) is 0 Å². The highest BCUT2D eigenvalue weighted by Crippen LogP contribution is 2.32. The fourth-order valence-corrected chi connectivity index (χ4v) is 2.68. The van der Waals surface area contributed by atoms with Gasteiger partial charge in [0.2, 0.25) is 0 Å². The molecule has 2 fully saturated rings. The average Bonchev–Trinajstić information content (AvgIpc) is 2.30. The van der Waals surface area contributed by atoms with Crippen LogP contribution in [0.25, 0.3) is 0 Å². The van der Waals surface area contributed by atoms with Crippen LogP contribution in [0.1, 0.15) is 40.0 Å². The quantitative estimate of drug-likeness (QED) is 0.673. The first-order chi connectivity index (χ1) is 6.56. The second-order valence-corrected chi connectivity index (χ2v) is 5.99. The van der Waals surface area contributed by atoms with E-state index in [1.54, 1.807) is 0 Å². The van der Waals surface area contributed by atoms with Crippen molar-refractivity contribution in [2.75, 3.05) is 19.8 Å². The van der Waals surface area contributed by atoms with E-state index in [-0.39, 0.29) is 0 Å². The van der Waals surface area contributed by atoms with Crippen LogP contribution in [-0.4, -0.2) is 36.7 Å². The van der Waals surface area contributed by atoms with Crippen LogP contribution in [0.15, 0.2) is 0 Å². The molecule has 82 valence electrons. The summed E-state index contributed by atoms with van der Waals surface area (Å²) in [5.74, 6) is 0. The Morgan fingerprint density at radius 3 is 2.50 bits per heavy atom. The lowest BCUT2D eigenvalue weighted by Crippen LogP contribution is -2.51. The topological polar surface area (TPSA) is 12.5 Å². The molecule has 2 aliphatic heterocycles. The summed E-state index contributed by atoms with van der Waals surface area (Å²) in [6.45, 7) is 10.3. The molecule has 0 unspecified atom stereocenters. The van der Waals surface area contributed by atoms with Gasteiger partial charge < -0.3 is 4.74 Å². The third-order valence-electron chi connectivity index (χ3n) is 3.36. The van der Waals surface area contributed by atoms with Crippen LogP contribution in [0.4, 0.5) is 0 Å². The zero-order chi connectivity index (χ0) is 10.2. The molecule has 0 aromatic heterocycles. The van der Waals surface area contributed by atoms with E-state index in [0.717, 1.165) is 25.3 Å². The standard InChI is InChI=1S/C12H23NO/c1-12(2,3)7-10-5-4-6-13(10)11-8-14-9-11/h10-11H,4-9H2,1-3H3/t10-/m0/s1. The van der Waals surface area contributed by atoms with E-state index < -0.39 is 0 Å². The highest BCUT2D eigenvalue weighted by atomic mass is 16.5. The molecule has 0 saturated carbocycles. The Balaban J connectivity index is 1.89. The van der Waals surface area contributed by atoms with Crippen molar-refractivity contribution >= 4 is 0 Å². The summed E-state index contributed by atoms with van der Waals surface area (Å²) >= 11 is 0. The molecule has 0 bridgehead atoms. The highest BCUT2D eigenvalue weighted by molar-refractivity contribution is 4.89. The van der Waals surface area contributed by atoms with Crippen molar-refractivity contribution in [1.82, 2.24) is 4.90 Å². The molecule has 0 aromatic rings. The van der Waals surface area contributed by atoms with Gasteiger partial charge in [0.1, 0.15) is 0 Å². The summed E-state index contributed by atoms with van der Waals surface area (Å²) < 4.78 is 5.28. The summed E-state index contributed by atoms with van der Waals surface area (Å²) in [6, 6.07) is 1.56. The molecule has 2 saturated heterocycles. The van der Waals surface area contributed by atoms with Crippen molar-refractivity contribution in [3.05, 3.63) is 0 Å². The van der Waals surface area contributed by atoms with Gasteiger partial charge in [-0.05, 0) is 31.2 Å². The lowest BCUT2D eigenvalue weighted by molar-refractivity contribution is -0.0727. The molecule has 0 spiro atoms. The van der Waals surface area contributed by atoms with Crippen molar-refractivity contribution in [2.45, 2.75) is 52.1 Å². The van der Waals surface area contributed by atoms with Gasteiger partial charge in [-0.15, -0.1) is 0 Å². The van der Waals surface area contributed by atoms with Gasteiger partial charge in [0.15, 0.2) is 0 Å². The minimum Gasteiger partial charge on any atom is -0.378 e. The largest absolute Gasteiger partial charge is 0.378 e. The van der Waals surface area contributed by atoms with Crippen molar-refractivity contribution < 1.29 is 4.74 Å². The Labute approximate surface area is 87.6 Å². The number of hydrogen-bond acceptors (Lipinski definition) is 2. The Kier molecular flexibility index (Phi) is 2.85. The van der Waals surface area contributed by atoms with Crippen molar-refractivity contribution in [1.29, 1.82) is 0 Å². The van der Waals surface area contributed by atoms with E-state index in [9.17, 15) is 0 Å². The minimum atomic E-state index is 0.470. The summed E-state index contributed by atoms with van der Waals surface area (Å²) in [5, 5.41) is 0. The van der Waals surface area contributed by atoms with E-state index >= 15 is 0 Å². The number of ether oxygens (including phenoxy) is 1. The Morgan fingerprint density at radius 2 is 2.00 bits per heavy atom. The third kappa shape index (κ3) is 2.29. The van der Waals surface area contributed by atoms with Gasteiger partial charge >= 0.3 is 0 Å². The Bertz CT molecular complexity index is 193. The van der Waals surface area contributed by atoms with E-state index in [1.807, 2.05) is 0 Å². The molecular formula is C12H23NO. The summed E-state index contributed by atoms with van der Waals surface area (Å²) in [4.78, 5) is 2.69. The SMILES string of the molecule is CC(C)(C)C[C@@H]1CCCN1C1COC1. The Hall–Kier alpha value is -0.0800. The molecule has 2 heteroatoms. The van der Waals surface area contributed by atoms with Gasteiger partial charge in [-0.2, -0.15) is 0 Å². The minimum absolute atomic E-state index is 0.470. The molecular weight excluding hydrogens is 174 g/mol. The molecule has 2 heterocycles. The second kappa shape index (κ2) is 3.82. The van der Waals surface area contributed by atoms with Crippen molar-refractivity contribution in [3.8, 4) is 0 Å². The number of nitrogens with zero attached hydrogens (tertiary/aromatic N) is 1. The molecule has 2 nitrogen and oxygen atoms in total. The lowest BCUT2D eigenvalue weighted by atomic mass is 9.87. The maximum Gasteiger partial charge on any atom is 0.0645 e. The number of hydrogen-bond donors (Lipinski definition) is 0. The van der Waals surface area contributed by atoms with Crippen LogP contribution < -0.4 is 0 Å². The monoisotopic (exact) mass is 197 g/mol. The summed E-state index contributed by atoms with van der Waals surface area (Å²) in [7, 11) is 0. The lowest BCUT2D eigenvalue weighted by Gasteiger charge is -2.40. The molecule has 14 heavy (non-hydrogen) atoms. The fraction of sp³-hybridized carbons (Fsp3) is 1.00.